The van der Waals surface area contributed by atoms with Gasteiger partial charge in [0.2, 0.25) is 5.91 Å². The minimum Gasteiger partial charge on any atom is -0.325 e. The van der Waals surface area contributed by atoms with Gasteiger partial charge in [-0.3, -0.25) is 9.59 Å². The molecule has 0 fully saturated rings. The number of thioether (sulfide) groups is 1. The Balaban J connectivity index is 1.73. The van der Waals surface area contributed by atoms with E-state index < -0.39 is 0 Å². The van der Waals surface area contributed by atoms with Crippen LogP contribution >= 0.6 is 23.1 Å². The van der Waals surface area contributed by atoms with Crippen molar-refractivity contribution in [3.8, 4) is 0 Å². The monoisotopic (exact) mass is 319 g/mol. The molecule has 0 atom stereocenters. The highest BCUT2D eigenvalue weighted by Crippen LogP contribution is 2.14. The molecule has 0 saturated carbocycles. The van der Waals surface area contributed by atoms with Crippen LogP contribution < -0.4 is 5.32 Å². The molecule has 0 radical (unpaired) electrons. The lowest BCUT2D eigenvalue weighted by Gasteiger charge is -2.05. The van der Waals surface area contributed by atoms with Crippen LogP contribution in [0.1, 0.15) is 22.2 Å². The fourth-order valence-corrected chi connectivity index (χ4v) is 3.22. The number of rotatable bonds is 7. The van der Waals surface area contributed by atoms with Gasteiger partial charge >= 0.3 is 0 Å². The minimum atomic E-state index is -0.0803. The molecule has 5 heteroatoms. The Morgan fingerprint density at radius 1 is 1.14 bits per heavy atom. The molecule has 0 aliphatic rings. The van der Waals surface area contributed by atoms with E-state index in [1.54, 1.807) is 0 Å². The van der Waals surface area contributed by atoms with Crippen LogP contribution in [0.25, 0.3) is 0 Å². The van der Waals surface area contributed by atoms with Gasteiger partial charge in [0.05, 0.1) is 16.4 Å². The number of Topliss-reactive ketones (excluding diaryl/α,β-unsaturated/α-hetero) is 1. The molecule has 1 amide bonds. The summed E-state index contributed by atoms with van der Waals surface area (Å²) < 4.78 is 0. The fraction of sp³-hybridized carbons (Fsp3) is 0.250. The Bertz CT molecular complexity index is 591. The van der Waals surface area contributed by atoms with Crippen LogP contribution in [-0.4, -0.2) is 23.2 Å². The van der Waals surface area contributed by atoms with E-state index in [0.29, 0.717) is 5.75 Å². The predicted molar refractivity (Wildman–Crippen MR) is 90.4 cm³/mol. The van der Waals surface area contributed by atoms with Crippen molar-refractivity contribution in [2.24, 2.45) is 0 Å². The molecule has 0 aliphatic heterocycles. The lowest BCUT2D eigenvalue weighted by Crippen LogP contribution is -2.15. The van der Waals surface area contributed by atoms with Gasteiger partial charge in [-0.2, -0.15) is 0 Å². The molecule has 1 aromatic carbocycles. The van der Waals surface area contributed by atoms with E-state index in [1.807, 2.05) is 41.8 Å². The van der Waals surface area contributed by atoms with E-state index >= 15 is 0 Å². The zero-order valence-corrected chi connectivity index (χ0v) is 13.4. The second kappa shape index (κ2) is 8.00. The van der Waals surface area contributed by atoms with Gasteiger partial charge in [-0.15, -0.1) is 23.1 Å². The van der Waals surface area contributed by atoms with Crippen LogP contribution in [0.2, 0.25) is 0 Å². The van der Waals surface area contributed by atoms with E-state index in [0.717, 1.165) is 17.0 Å². The van der Waals surface area contributed by atoms with Gasteiger partial charge in [-0.1, -0.05) is 25.1 Å². The molecule has 0 aliphatic carbocycles. The van der Waals surface area contributed by atoms with Crippen molar-refractivity contribution in [1.82, 2.24) is 0 Å². The van der Waals surface area contributed by atoms with Crippen molar-refractivity contribution in [3.05, 3.63) is 52.2 Å². The van der Waals surface area contributed by atoms with Crippen molar-refractivity contribution in [3.63, 3.8) is 0 Å². The number of nitrogens with one attached hydrogen (secondary N) is 1. The topological polar surface area (TPSA) is 46.2 Å². The number of thiophene rings is 1. The second-order valence-corrected chi connectivity index (χ2v) is 6.43. The SMILES string of the molecule is CCc1ccc(NC(=O)CSCC(=O)c2cccs2)cc1. The molecular formula is C16H17NO2S2. The third kappa shape index (κ3) is 5.02. The standard InChI is InChI=1S/C16H17NO2S2/c1-2-12-5-7-13(8-6-12)17-16(19)11-20-10-14(18)15-4-3-9-21-15/h3-9H,2,10-11H2,1H3,(H,17,19). The van der Waals surface area contributed by atoms with Gasteiger partial charge in [-0.05, 0) is 35.6 Å². The quantitative estimate of drug-likeness (QED) is 0.788. The Hall–Kier alpha value is -1.59. The fourth-order valence-electron chi connectivity index (χ4n) is 1.77. The number of amides is 1. The zero-order chi connectivity index (χ0) is 15.1. The number of aryl methyl sites for hydroxylation is 1. The average molecular weight is 319 g/mol. The number of ketones is 1. The van der Waals surface area contributed by atoms with E-state index in [9.17, 15) is 9.59 Å². The van der Waals surface area contributed by atoms with E-state index in [-0.39, 0.29) is 17.4 Å². The number of anilines is 1. The summed E-state index contributed by atoms with van der Waals surface area (Å²) in [5.41, 5.74) is 2.03. The summed E-state index contributed by atoms with van der Waals surface area (Å²) in [5.74, 6) is 0.619. The number of benzene rings is 1. The van der Waals surface area contributed by atoms with Gasteiger partial charge in [0.1, 0.15) is 0 Å². The maximum atomic E-state index is 11.8. The van der Waals surface area contributed by atoms with Gasteiger partial charge in [0, 0.05) is 5.69 Å². The van der Waals surface area contributed by atoms with E-state index in [2.05, 4.69) is 12.2 Å². The van der Waals surface area contributed by atoms with Crippen LogP contribution in [0.4, 0.5) is 5.69 Å². The first-order chi connectivity index (χ1) is 10.2. The first-order valence-corrected chi connectivity index (χ1v) is 8.75. The summed E-state index contributed by atoms with van der Waals surface area (Å²) in [6.07, 6.45) is 0.981. The largest absolute Gasteiger partial charge is 0.325 e. The first kappa shape index (κ1) is 15.8. The normalized spacial score (nSPS) is 10.3. The Kier molecular flexibility index (Phi) is 6.02. The highest BCUT2D eigenvalue weighted by Gasteiger charge is 2.09. The predicted octanol–water partition coefficient (Wildman–Crippen LogP) is 3.87. The van der Waals surface area contributed by atoms with Gasteiger partial charge < -0.3 is 5.32 Å². The lowest BCUT2D eigenvalue weighted by molar-refractivity contribution is -0.113. The average Bonchev–Trinajstić information content (AvgIpc) is 3.02. The van der Waals surface area contributed by atoms with Gasteiger partial charge in [0.25, 0.3) is 0 Å². The molecule has 1 heterocycles. The summed E-state index contributed by atoms with van der Waals surface area (Å²) >= 11 is 2.77. The maximum absolute atomic E-state index is 11.8. The molecule has 2 aromatic rings. The molecule has 0 spiro atoms. The van der Waals surface area contributed by atoms with Crippen LogP contribution in [0.5, 0.6) is 0 Å². The van der Waals surface area contributed by atoms with Gasteiger partial charge in [0.15, 0.2) is 5.78 Å². The lowest BCUT2D eigenvalue weighted by atomic mass is 10.1. The van der Waals surface area contributed by atoms with Crippen molar-refractivity contribution in [2.45, 2.75) is 13.3 Å². The van der Waals surface area contributed by atoms with Crippen LogP contribution in [0, 0.1) is 0 Å². The Morgan fingerprint density at radius 2 is 1.90 bits per heavy atom. The first-order valence-electron chi connectivity index (χ1n) is 6.72. The van der Waals surface area contributed by atoms with Crippen molar-refractivity contribution >= 4 is 40.5 Å². The summed E-state index contributed by atoms with van der Waals surface area (Å²) in [6, 6.07) is 11.5. The Labute approximate surface area is 132 Å². The molecule has 3 nitrogen and oxygen atoms in total. The minimum absolute atomic E-state index is 0.0788. The Morgan fingerprint density at radius 3 is 2.52 bits per heavy atom. The van der Waals surface area contributed by atoms with Gasteiger partial charge in [-0.25, -0.2) is 0 Å². The molecule has 21 heavy (non-hydrogen) atoms. The molecular weight excluding hydrogens is 302 g/mol. The van der Waals surface area contributed by atoms with Crippen LogP contribution in [0.3, 0.4) is 0 Å². The highest BCUT2D eigenvalue weighted by atomic mass is 32.2. The summed E-state index contributed by atoms with van der Waals surface area (Å²) in [4.78, 5) is 24.3. The summed E-state index contributed by atoms with van der Waals surface area (Å²) in [7, 11) is 0. The number of hydrogen-bond donors (Lipinski definition) is 1. The van der Waals surface area contributed by atoms with E-state index in [1.165, 1.54) is 28.7 Å². The van der Waals surface area contributed by atoms with Crippen molar-refractivity contribution in [2.75, 3.05) is 16.8 Å². The number of carbonyl (C=O) groups is 2. The third-order valence-electron chi connectivity index (χ3n) is 2.91. The molecule has 0 bridgehead atoms. The molecule has 0 saturated heterocycles. The van der Waals surface area contributed by atoms with Crippen LogP contribution in [-0.2, 0) is 11.2 Å². The summed E-state index contributed by atoms with van der Waals surface area (Å²) in [5, 5.41) is 4.71. The summed E-state index contributed by atoms with van der Waals surface area (Å²) in [6.45, 7) is 2.09. The van der Waals surface area contributed by atoms with Crippen molar-refractivity contribution in [1.29, 1.82) is 0 Å². The second-order valence-electron chi connectivity index (χ2n) is 4.49. The molecule has 1 aromatic heterocycles. The molecule has 2 rings (SSSR count). The number of hydrogen-bond acceptors (Lipinski definition) is 4. The zero-order valence-electron chi connectivity index (χ0n) is 11.8. The van der Waals surface area contributed by atoms with Crippen LogP contribution in [0.15, 0.2) is 41.8 Å². The highest BCUT2D eigenvalue weighted by molar-refractivity contribution is 8.00. The van der Waals surface area contributed by atoms with E-state index in [4.69, 9.17) is 0 Å². The number of carbonyl (C=O) groups excluding carboxylic acids is 2. The molecule has 0 unspecified atom stereocenters. The molecule has 110 valence electrons. The third-order valence-corrected chi connectivity index (χ3v) is 4.75. The maximum Gasteiger partial charge on any atom is 0.234 e. The molecule has 1 N–H and O–H groups in total. The van der Waals surface area contributed by atoms with Crippen molar-refractivity contribution < 1.29 is 9.59 Å². The smallest absolute Gasteiger partial charge is 0.234 e.